The normalized spacial score (nSPS) is 11.6. The van der Waals surface area contributed by atoms with Crippen LogP contribution in [-0.2, 0) is 11.2 Å². The molecule has 1 atom stereocenters. The van der Waals surface area contributed by atoms with Gasteiger partial charge in [-0.15, -0.1) is 0 Å². The zero-order chi connectivity index (χ0) is 15.9. The van der Waals surface area contributed by atoms with Gasteiger partial charge >= 0.3 is 0 Å². The minimum absolute atomic E-state index is 0.0245. The molecule has 0 fully saturated rings. The van der Waals surface area contributed by atoms with Crippen LogP contribution in [0.15, 0.2) is 48.5 Å². The zero-order valence-corrected chi connectivity index (χ0v) is 13.1. The van der Waals surface area contributed by atoms with E-state index in [1.54, 1.807) is 14.2 Å². The Morgan fingerprint density at radius 1 is 1.09 bits per heavy atom. The lowest BCUT2D eigenvalue weighted by Gasteiger charge is -2.18. The predicted molar refractivity (Wildman–Crippen MR) is 86.2 cm³/mol. The molecule has 0 aliphatic carbocycles. The Bertz CT molecular complexity index is 625. The molecule has 2 rings (SSSR count). The van der Waals surface area contributed by atoms with E-state index in [2.05, 4.69) is 5.32 Å². The summed E-state index contributed by atoms with van der Waals surface area (Å²) in [6.45, 7) is 1.93. The van der Waals surface area contributed by atoms with Gasteiger partial charge in [-0.05, 0) is 30.7 Å². The van der Waals surface area contributed by atoms with Crippen LogP contribution in [0.4, 0.5) is 0 Å². The van der Waals surface area contributed by atoms with Gasteiger partial charge in [0.25, 0.3) is 0 Å². The van der Waals surface area contributed by atoms with Crippen LogP contribution in [0.2, 0.25) is 0 Å². The number of ether oxygens (including phenoxy) is 2. The molecule has 1 amide bonds. The molecular weight excluding hydrogens is 278 g/mol. The molecule has 0 aliphatic heterocycles. The quantitative estimate of drug-likeness (QED) is 0.891. The molecule has 0 heterocycles. The number of amides is 1. The van der Waals surface area contributed by atoms with Gasteiger partial charge in [0.05, 0.1) is 26.7 Å². The molecule has 0 saturated heterocycles. The van der Waals surface area contributed by atoms with E-state index in [1.165, 1.54) is 0 Å². The van der Waals surface area contributed by atoms with Crippen molar-refractivity contribution in [2.75, 3.05) is 14.2 Å². The van der Waals surface area contributed by atoms with Crippen molar-refractivity contribution in [1.82, 2.24) is 5.32 Å². The zero-order valence-electron chi connectivity index (χ0n) is 13.1. The van der Waals surface area contributed by atoms with Gasteiger partial charge in [-0.25, -0.2) is 0 Å². The Morgan fingerprint density at radius 2 is 1.82 bits per heavy atom. The van der Waals surface area contributed by atoms with Crippen molar-refractivity contribution < 1.29 is 14.3 Å². The van der Waals surface area contributed by atoms with Crippen LogP contribution in [0.5, 0.6) is 11.5 Å². The smallest absolute Gasteiger partial charge is 0.224 e. The molecule has 1 N–H and O–H groups in total. The van der Waals surface area contributed by atoms with Crippen molar-refractivity contribution in [1.29, 1.82) is 0 Å². The SMILES string of the molecule is COc1ccc(OC)c(C(C)NC(=O)Cc2ccccc2)c1. The molecule has 0 aromatic heterocycles. The number of benzene rings is 2. The van der Waals surface area contributed by atoms with Crippen molar-refractivity contribution in [3.05, 3.63) is 59.7 Å². The van der Waals surface area contributed by atoms with Gasteiger partial charge in [0.2, 0.25) is 5.91 Å². The van der Waals surface area contributed by atoms with Gasteiger partial charge in [0.1, 0.15) is 11.5 Å². The lowest BCUT2D eigenvalue weighted by molar-refractivity contribution is -0.121. The lowest BCUT2D eigenvalue weighted by Crippen LogP contribution is -2.28. The molecule has 4 heteroatoms. The summed E-state index contributed by atoms with van der Waals surface area (Å²) in [6, 6.07) is 15.1. The maximum atomic E-state index is 12.2. The number of nitrogens with one attached hydrogen (secondary N) is 1. The number of rotatable bonds is 6. The van der Waals surface area contributed by atoms with Crippen molar-refractivity contribution in [3.8, 4) is 11.5 Å². The van der Waals surface area contributed by atoms with Crippen LogP contribution >= 0.6 is 0 Å². The summed E-state index contributed by atoms with van der Waals surface area (Å²) >= 11 is 0. The number of carbonyl (C=O) groups is 1. The third kappa shape index (κ3) is 4.01. The Labute approximate surface area is 131 Å². The molecule has 0 saturated carbocycles. The van der Waals surface area contributed by atoms with Crippen molar-refractivity contribution in [2.45, 2.75) is 19.4 Å². The second-order valence-corrected chi connectivity index (χ2v) is 5.06. The van der Waals surface area contributed by atoms with Crippen LogP contribution in [0.25, 0.3) is 0 Å². The summed E-state index contributed by atoms with van der Waals surface area (Å²) in [5.74, 6) is 1.44. The Kier molecular flexibility index (Phi) is 5.42. The topological polar surface area (TPSA) is 47.6 Å². The third-order valence-corrected chi connectivity index (χ3v) is 3.49. The minimum Gasteiger partial charge on any atom is -0.497 e. The van der Waals surface area contributed by atoms with Crippen LogP contribution in [-0.4, -0.2) is 20.1 Å². The molecule has 22 heavy (non-hydrogen) atoms. The van der Waals surface area contributed by atoms with Gasteiger partial charge in [-0.1, -0.05) is 30.3 Å². The van der Waals surface area contributed by atoms with Gasteiger partial charge in [-0.2, -0.15) is 0 Å². The van der Waals surface area contributed by atoms with Crippen LogP contribution in [0.1, 0.15) is 24.1 Å². The number of hydrogen-bond acceptors (Lipinski definition) is 3. The molecular formula is C18H21NO3. The lowest BCUT2D eigenvalue weighted by atomic mass is 10.1. The molecule has 2 aromatic rings. The summed E-state index contributed by atoms with van der Waals surface area (Å²) in [7, 11) is 3.23. The first-order valence-corrected chi connectivity index (χ1v) is 7.19. The average Bonchev–Trinajstić information content (AvgIpc) is 2.54. The predicted octanol–water partition coefficient (Wildman–Crippen LogP) is 3.12. The fourth-order valence-corrected chi connectivity index (χ4v) is 2.33. The molecule has 0 spiro atoms. The van der Waals surface area contributed by atoms with E-state index in [0.717, 1.165) is 22.6 Å². The highest BCUT2D eigenvalue weighted by atomic mass is 16.5. The average molecular weight is 299 g/mol. The highest BCUT2D eigenvalue weighted by molar-refractivity contribution is 5.79. The van der Waals surface area contributed by atoms with E-state index in [4.69, 9.17) is 9.47 Å². The van der Waals surface area contributed by atoms with Gasteiger partial charge < -0.3 is 14.8 Å². The Morgan fingerprint density at radius 3 is 2.45 bits per heavy atom. The Hall–Kier alpha value is -2.49. The highest BCUT2D eigenvalue weighted by Gasteiger charge is 2.15. The molecule has 0 radical (unpaired) electrons. The van der Waals surface area contributed by atoms with Crippen molar-refractivity contribution >= 4 is 5.91 Å². The molecule has 2 aromatic carbocycles. The molecule has 0 aliphatic rings. The third-order valence-electron chi connectivity index (χ3n) is 3.49. The van der Waals surface area contributed by atoms with E-state index in [0.29, 0.717) is 6.42 Å². The second-order valence-electron chi connectivity index (χ2n) is 5.06. The summed E-state index contributed by atoms with van der Waals surface area (Å²) in [5.41, 5.74) is 1.88. The van der Waals surface area contributed by atoms with E-state index in [9.17, 15) is 4.79 Å². The highest BCUT2D eigenvalue weighted by Crippen LogP contribution is 2.29. The maximum absolute atomic E-state index is 12.2. The van der Waals surface area contributed by atoms with Crippen LogP contribution in [0.3, 0.4) is 0 Å². The molecule has 1 unspecified atom stereocenters. The molecule has 4 nitrogen and oxygen atoms in total. The van der Waals surface area contributed by atoms with Crippen LogP contribution in [0, 0.1) is 0 Å². The van der Waals surface area contributed by atoms with E-state index >= 15 is 0 Å². The number of hydrogen-bond donors (Lipinski definition) is 1. The van der Waals surface area contributed by atoms with E-state index in [-0.39, 0.29) is 11.9 Å². The standard InChI is InChI=1S/C18H21NO3/c1-13(16-12-15(21-2)9-10-17(16)22-3)19-18(20)11-14-7-5-4-6-8-14/h4-10,12-13H,11H2,1-3H3,(H,19,20). The van der Waals surface area contributed by atoms with E-state index < -0.39 is 0 Å². The summed E-state index contributed by atoms with van der Waals surface area (Å²) in [4.78, 5) is 12.2. The van der Waals surface area contributed by atoms with Gasteiger partial charge in [0.15, 0.2) is 0 Å². The molecule has 0 bridgehead atoms. The largest absolute Gasteiger partial charge is 0.497 e. The van der Waals surface area contributed by atoms with Crippen molar-refractivity contribution in [2.24, 2.45) is 0 Å². The number of methoxy groups -OCH3 is 2. The van der Waals surface area contributed by atoms with Gasteiger partial charge in [-0.3, -0.25) is 4.79 Å². The molecule has 116 valence electrons. The van der Waals surface area contributed by atoms with Crippen molar-refractivity contribution in [3.63, 3.8) is 0 Å². The first-order chi connectivity index (χ1) is 10.6. The minimum atomic E-state index is -0.165. The Balaban J connectivity index is 2.08. The monoisotopic (exact) mass is 299 g/mol. The first-order valence-electron chi connectivity index (χ1n) is 7.19. The summed E-state index contributed by atoms with van der Waals surface area (Å²) < 4.78 is 10.6. The van der Waals surface area contributed by atoms with Crippen LogP contribution < -0.4 is 14.8 Å². The second kappa shape index (κ2) is 7.50. The fraction of sp³-hybridized carbons (Fsp3) is 0.278. The van der Waals surface area contributed by atoms with E-state index in [1.807, 2.05) is 55.5 Å². The summed E-state index contributed by atoms with van der Waals surface area (Å²) in [5, 5.41) is 3.00. The van der Waals surface area contributed by atoms with Gasteiger partial charge in [0, 0.05) is 5.56 Å². The first kappa shape index (κ1) is 15.9. The maximum Gasteiger partial charge on any atom is 0.224 e. The fourth-order valence-electron chi connectivity index (χ4n) is 2.33. The summed E-state index contributed by atoms with van der Waals surface area (Å²) in [6.07, 6.45) is 0.359. The number of carbonyl (C=O) groups excluding carboxylic acids is 1.